The summed E-state index contributed by atoms with van der Waals surface area (Å²) in [5.74, 6) is -0.583. The Hall–Kier alpha value is -2.92. The van der Waals surface area contributed by atoms with Crippen LogP contribution in [0.25, 0.3) is 0 Å². The molecule has 0 bridgehead atoms. The third-order valence-electron chi connectivity index (χ3n) is 13.9. The summed E-state index contributed by atoms with van der Waals surface area (Å²) in [6.45, 7) is 4.05. The lowest BCUT2D eigenvalue weighted by molar-refractivity contribution is -0.161. The second kappa shape index (κ2) is 63.4. The molecule has 0 spiro atoms. The van der Waals surface area contributed by atoms with Gasteiger partial charge in [-0.3, -0.25) is 9.59 Å². The molecule has 0 fully saturated rings. The molecule has 0 aliphatic carbocycles. The number of carbonyl (C=O) groups excluding carboxylic acids is 2. The molecular formula is C68H120O5. The van der Waals surface area contributed by atoms with E-state index in [-0.39, 0.29) is 25.2 Å². The van der Waals surface area contributed by atoms with Gasteiger partial charge in [-0.15, -0.1) is 0 Å². The predicted octanol–water partition coefficient (Wildman–Crippen LogP) is 21.7. The van der Waals surface area contributed by atoms with Crippen LogP contribution in [0.5, 0.6) is 0 Å². The number of aliphatic hydroxyl groups is 1. The molecule has 1 atom stereocenters. The van der Waals surface area contributed by atoms with Crippen LogP contribution in [0.2, 0.25) is 0 Å². The van der Waals surface area contributed by atoms with Crippen molar-refractivity contribution < 1.29 is 24.2 Å². The van der Waals surface area contributed by atoms with Crippen molar-refractivity contribution in [3.05, 3.63) is 85.1 Å². The lowest BCUT2D eigenvalue weighted by atomic mass is 10.0. The van der Waals surface area contributed by atoms with E-state index in [1.165, 1.54) is 212 Å². The van der Waals surface area contributed by atoms with Gasteiger partial charge in [-0.05, 0) is 89.9 Å². The molecule has 0 radical (unpaired) electrons. The number of rotatable bonds is 58. The molecule has 0 aromatic heterocycles. The Kier molecular flexibility index (Phi) is 60.8. The van der Waals surface area contributed by atoms with E-state index in [0.29, 0.717) is 12.8 Å². The van der Waals surface area contributed by atoms with Crippen LogP contribution in [-0.4, -0.2) is 36.4 Å². The molecular weight excluding hydrogens is 897 g/mol. The SMILES string of the molecule is CC/C=C\C/C=C\C/C=C\C/C=C\C/C=C\C/C=C\CCCCCCCCCCCCCCCCCCCCCCCCC(=O)OC(CO)COC(=O)CCCCCCCCC/C=C\CCCCCCCCC. The average Bonchev–Trinajstić information content (AvgIpc) is 3.39. The van der Waals surface area contributed by atoms with Crippen LogP contribution < -0.4 is 0 Å². The second-order valence-corrected chi connectivity index (χ2v) is 21.1. The van der Waals surface area contributed by atoms with Crippen LogP contribution in [-0.2, 0) is 19.1 Å². The number of hydrogen-bond donors (Lipinski definition) is 1. The van der Waals surface area contributed by atoms with Gasteiger partial charge in [0.25, 0.3) is 0 Å². The highest BCUT2D eigenvalue weighted by atomic mass is 16.6. The van der Waals surface area contributed by atoms with Gasteiger partial charge in [-0.1, -0.05) is 298 Å². The van der Waals surface area contributed by atoms with Gasteiger partial charge in [-0.2, -0.15) is 0 Å². The first-order chi connectivity index (χ1) is 36.1. The fourth-order valence-corrected chi connectivity index (χ4v) is 9.20. The largest absolute Gasteiger partial charge is 0.462 e. The van der Waals surface area contributed by atoms with Gasteiger partial charge < -0.3 is 14.6 Å². The molecule has 0 aromatic rings. The first kappa shape index (κ1) is 70.1. The van der Waals surface area contributed by atoms with Gasteiger partial charge in [0.05, 0.1) is 6.61 Å². The Labute approximate surface area is 454 Å². The molecule has 0 saturated carbocycles. The number of aliphatic hydroxyl groups excluding tert-OH is 1. The van der Waals surface area contributed by atoms with E-state index in [1.807, 2.05) is 0 Å². The summed E-state index contributed by atoms with van der Waals surface area (Å²) in [5.41, 5.74) is 0. The quantitative estimate of drug-likeness (QED) is 0.0373. The van der Waals surface area contributed by atoms with Crippen molar-refractivity contribution in [1.82, 2.24) is 0 Å². The molecule has 0 aromatic carbocycles. The van der Waals surface area contributed by atoms with Gasteiger partial charge in [0.1, 0.15) is 6.61 Å². The number of esters is 2. The maximum Gasteiger partial charge on any atom is 0.306 e. The standard InChI is InChI=1S/C68H120O5/c1-3-5-7-9-11-13-15-17-19-21-23-24-25-26-27-28-29-30-31-32-33-34-35-36-37-38-39-40-41-42-43-44-45-47-49-51-53-55-57-59-61-63-68(71)73-66(64-69)65-72-67(70)62-60-58-56-54-52-50-48-46-22-20-18-16-14-12-10-8-6-4-2/h5,7,11,13,17,19-20,22-24,26-27,29-30,66,69H,3-4,6,8-10,12,14-16,18,21,25,28,31-65H2,1-2H3/b7-5-,13-11-,19-17-,22-20-,24-23-,27-26-,30-29-. The molecule has 0 rings (SSSR count). The van der Waals surface area contributed by atoms with E-state index in [4.69, 9.17) is 9.47 Å². The van der Waals surface area contributed by atoms with E-state index in [9.17, 15) is 14.7 Å². The van der Waals surface area contributed by atoms with Crippen LogP contribution in [0, 0.1) is 0 Å². The van der Waals surface area contributed by atoms with Crippen LogP contribution in [0.1, 0.15) is 316 Å². The van der Waals surface area contributed by atoms with E-state index in [2.05, 4.69) is 98.9 Å². The zero-order valence-electron chi connectivity index (χ0n) is 48.4. The Morgan fingerprint density at radius 2 is 0.589 bits per heavy atom. The number of allylic oxidation sites excluding steroid dienone is 14. The van der Waals surface area contributed by atoms with Gasteiger partial charge in [0.15, 0.2) is 6.10 Å². The third-order valence-corrected chi connectivity index (χ3v) is 13.9. The molecule has 422 valence electrons. The van der Waals surface area contributed by atoms with Crippen molar-refractivity contribution in [2.45, 2.75) is 322 Å². The molecule has 1 unspecified atom stereocenters. The summed E-state index contributed by atoms with van der Waals surface area (Å²) in [4.78, 5) is 24.5. The van der Waals surface area contributed by atoms with E-state index in [0.717, 1.165) is 77.0 Å². The van der Waals surface area contributed by atoms with Gasteiger partial charge in [-0.25, -0.2) is 0 Å². The summed E-state index contributed by atoms with van der Waals surface area (Å²) >= 11 is 0. The van der Waals surface area contributed by atoms with Gasteiger partial charge in [0.2, 0.25) is 0 Å². The molecule has 73 heavy (non-hydrogen) atoms. The Morgan fingerprint density at radius 3 is 0.904 bits per heavy atom. The van der Waals surface area contributed by atoms with Crippen molar-refractivity contribution in [3.8, 4) is 0 Å². The number of carbonyl (C=O) groups is 2. The van der Waals surface area contributed by atoms with Crippen LogP contribution in [0.3, 0.4) is 0 Å². The third kappa shape index (κ3) is 61.5. The zero-order chi connectivity index (χ0) is 52.7. The van der Waals surface area contributed by atoms with E-state index < -0.39 is 6.10 Å². The van der Waals surface area contributed by atoms with E-state index >= 15 is 0 Å². The molecule has 5 heteroatoms. The average molecular weight is 1020 g/mol. The highest BCUT2D eigenvalue weighted by molar-refractivity contribution is 5.70. The molecule has 0 saturated heterocycles. The van der Waals surface area contributed by atoms with E-state index in [1.54, 1.807) is 0 Å². The molecule has 5 nitrogen and oxygen atoms in total. The summed E-state index contributed by atoms with van der Waals surface area (Å²) < 4.78 is 10.7. The Bertz CT molecular complexity index is 1340. The number of ether oxygens (including phenoxy) is 2. The number of unbranched alkanes of at least 4 members (excludes halogenated alkanes) is 36. The van der Waals surface area contributed by atoms with Crippen LogP contribution in [0.4, 0.5) is 0 Å². The molecule has 0 aliphatic rings. The molecule has 0 amide bonds. The lowest BCUT2D eigenvalue weighted by Crippen LogP contribution is -2.28. The minimum Gasteiger partial charge on any atom is -0.462 e. The van der Waals surface area contributed by atoms with Crippen molar-refractivity contribution in [1.29, 1.82) is 0 Å². The summed E-state index contributed by atoms with van der Waals surface area (Å²) in [5, 5.41) is 9.66. The minimum atomic E-state index is -0.774. The molecule has 0 aliphatic heterocycles. The first-order valence-corrected chi connectivity index (χ1v) is 31.6. The van der Waals surface area contributed by atoms with Gasteiger partial charge in [0, 0.05) is 12.8 Å². The van der Waals surface area contributed by atoms with Gasteiger partial charge >= 0.3 is 11.9 Å². The fourth-order valence-electron chi connectivity index (χ4n) is 9.20. The Morgan fingerprint density at radius 1 is 0.329 bits per heavy atom. The predicted molar refractivity (Wildman–Crippen MR) is 320 cm³/mol. The van der Waals surface area contributed by atoms with Crippen molar-refractivity contribution in [2.75, 3.05) is 13.2 Å². The van der Waals surface area contributed by atoms with Crippen LogP contribution in [0.15, 0.2) is 85.1 Å². The zero-order valence-corrected chi connectivity index (χ0v) is 48.4. The smallest absolute Gasteiger partial charge is 0.306 e. The normalized spacial score (nSPS) is 12.8. The lowest BCUT2D eigenvalue weighted by Gasteiger charge is -2.15. The Balaban J connectivity index is 3.42. The maximum absolute atomic E-state index is 12.3. The fraction of sp³-hybridized carbons (Fsp3) is 0.765. The highest BCUT2D eigenvalue weighted by Gasteiger charge is 2.16. The van der Waals surface area contributed by atoms with Crippen LogP contribution >= 0.6 is 0 Å². The number of hydrogen-bond acceptors (Lipinski definition) is 5. The molecule has 1 N–H and O–H groups in total. The topological polar surface area (TPSA) is 72.8 Å². The van der Waals surface area contributed by atoms with Crippen molar-refractivity contribution >= 4 is 11.9 Å². The van der Waals surface area contributed by atoms with Crippen molar-refractivity contribution in [3.63, 3.8) is 0 Å². The second-order valence-electron chi connectivity index (χ2n) is 21.1. The maximum atomic E-state index is 12.3. The summed E-state index contributed by atoms with van der Waals surface area (Å²) in [7, 11) is 0. The monoisotopic (exact) mass is 1020 g/mol. The van der Waals surface area contributed by atoms with Crippen molar-refractivity contribution in [2.24, 2.45) is 0 Å². The first-order valence-electron chi connectivity index (χ1n) is 31.6. The highest BCUT2D eigenvalue weighted by Crippen LogP contribution is 2.17. The molecule has 0 heterocycles. The minimum absolute atomic E-state index is 0.0658. The summed E-state index contributed by atoms with van der Waals surface area (Å²) in [6, 6.07) is 0. The summed E-state index contributed by atoms with van der Waals surface area (Å²) in [6.07, 6.45) is 88.8.